The Morgan fingerprint density at radius 3 is 2.59 bits per heavy atom. The molecule has 0 saturated heterocycles. The van der Waals surface area contributed by atoms with E-state index in [2.05, 4.69) is 32.2 Å². The Labute approximate surface area is 146 Å². The summed E-state index contributed by atoms with van der Waals surface area (Å²) in [6, 6.07) is 15.9. The molecule has 0 amide bonds. The van der Waals surface area contributed by atoms with Gasteiger partial charge in [0, 0.05) is 22.8 Å². The van der Waals surface area contributed by atoms with Crippen molar-refractivity contribution in [1.82, 2.24) is 14.8 Å². The van der Waals surface area contributed by atoms with Gasteiger partial charge < -0.3 is 4.57 Å². The highest BCUT2D eigenvalue weighted by Gasteiger charge is 2.13. The van der Waals surface area contributed by atoms with E-state index in [1.54, 1.807) is 11.8 Å². The van der Waals surface area contributed by atoms with Crippen molar-refractivity contribution in [3.8, 4) is 11.4 Å². The molecule has 0 N–H and O–H groups in total. The minimum atomic E-state index is 0.681. The Morgan fingerprint density at radius 2 is 1.82 bits per heavy atom. The lowest BCUT2D eigenvalue weighted by Crippen LogP contribution is -1.95. The minimum absolute atomic E-state index is 0.681. The van der Waals surface area contributed by atoms with Crippen molar-refractivity contribution >= 4 is 39.3 Å². The van der Waals surface area contributed by atoms with E-state index < -0.39 is 0 Å². The van der Waals surface area contributed by atoms with E-state index in [1.807, 2.05) is 54.1 Å². The summed E-state index contributed by atoms with van der Waals surface area (Å²) in [5, 5.41) is 10.1. The summed E-state index contributed by atoms with van der Waals surface area (Å²) in [5.74, 6) is 1.61. The molecule has 0 saturated carbocycles. The number of hydrogen-bond donors (Lipinski definition) is 0. The van der Waals surface area contributed by atoms with Crippen molar-refractivity contribution < 1.29 is 0 Å². The van der Waals surface area contributed by atoms with Crippen LogP contribution in [-0.4, -0.2) is 14.8 Å². The lowest BCUT2D eigenvalue weighted by Gasteiger charge is -2.06. The van der Waals surface area contributed by atoms with Gasteiger partial charge in [0.1, 0.15) is 0 Å². The van der Waals surface area contributed by atoms with Gasteiger partial charge in [0.15, 0.2) is 11.0 Å². The Balaban J connectivity index is 1.83. The molecule has 2 aromatic carbocycles. The molecule has 3 nitrogen and oxygen atoms in total. The van der Waals surface area contributed by atoms with E-state index >= 15 is 0 Å². The van der Waals surface area contributed by atoms with Crippen molar-refractivity contribution in [3.63, 3.8) is 0 Å². The van der Waals surface area contributed by atoms with E-state index in [-0.39, 0.29) is 0 Å². The average molecular weight is 395 g/mol. The van der Waals surface area contributed by atoms with Crippen molar-refractivity contribution in [2.45, 2.75) is 10.9 Å². The zero-order chi connectivity index (χ0) is 15.5. The summed E-state index contributed by atoms with van der Waals surface area (Å²) >= 11 is 11.5. The molecule has 6 heteroatoms. The van der Waals surface area contributed by atoms with Gasteiger partial charge in [-0.15, -0.1) is 10.2 Å². The lowest BCUT2D eigenvalue weighted by atomic mass is 10.2. The molecule has 1 heterocycles. The summed E-state index contributed by atoms with van der Waals surface area (Å²) in [7, 11) is 1.96. The van der Waals surface area contributed by atoms with Gasteiger partial charge in [-0.25, -0.2) is 0 Å². The van der Waals surface area contributed by atoms with Gasteiger partial charge in [0.2, 0.25) is 0 Å². The Kier molecular flexibility index (Phi) is 4.86. The van der Waals surface area contributed by atoms with Crippen LogP contribution in [0, 0.1) is 0 Å². The first-order valence-corrected chi connectivity index (χ1v) is 8.83. The predicted molar refractivity (Wildman–Crippen MR) is 95.2 cm³/mol. The predicted octanol–water partition coefficient (Wildman–Crippen LogP) is 5.19. The zero-order valence-corrected chi connectivity index (χ0v) is 15.0. The molecule has 0 bridgehead atoms. The summed E-state index contributed by atoms with van der Waals surface area (Å²) in [6.45, 7) is 0. The normalized spacial score (nSPS) is 10.9. The molecule has 3 rings (SSSR count). The van der Waals surface area contributed by atoms with Gasteiger partial charge in [0.25, 0.3) is 0 Å². The molecule has 0 atom stereocenters. The van der Waals surface area contributed by atoms with Crippen molar-refractivity contribution in [3.05, 3.63) is 63.6 Å². The van der Waals surface area contributed by atoms with E-state index in [1.165, 1.54) is 5.56 Å². The molecule has 0 fully saturated rings. The summed E-state index contributed by atoms with van der Waals surface area (Å²) < 4.78 is 3.08. The quantitative estimate of drug-likeness (QED) is 0.570. The van der Waals surface area contributed by atoms with E-state index in [9.17, 15) is 0 Å². The molecule has 0 aliphatic rings. The molecular formula is C16H13BrClN3S. The van der Waals surface area contributed by atoms with Crippen LogP contribution in [0.25, 0.3) is 11.4 Å². The van der Waals surface area contributed by atoms with Crippen molar-refractivity contribution in [2.75, 3.05) is 0 Å². The maximum Gasteiger partial charge on any atom is 0.191 e. The fourth-order valence-corrected chi connectivity index (χ4v) is 3.82. The third-order valence-electron chi connectivity index (χ3n) is 3.26. The lowest BCUT2D eigenvalue weighted by molar-refractivity contribution is 0.794. The molecule has 112 valence electrons. The van der Waals surface area contributed by atoms with Crippen LogP contribution in [0.4, 0.5) is 0 Å². The second-order valence-corrected chi connectivity index (χ2v) is 6.93. The van der Waals surface area contributed by atoms with Crippen LogP contribution in [0.15, 0.2) is 58.2 Å². The summed E-state index contributed by atoms with van der Waals surface area (Å²) in [5.41, 5.74) is 2.13. The molecule has 1 aromatic heterocycles. The van der Waals surface area contributed by atoms with Crippen LogP contribution in [0.3, 0.4) is 0 Å². The monoisotopic (exact) mass is 393 g/mol. The topological polar surface area (TPSA) is 30.7 Å². The number of benzene rings is 2. The smallest absolute Gasteiger partial charge is 0.191 e. The fraction of sp³-hybridized carbons (Fsp3) is 0.125. The Morgan fingerprint density at radius 1 is 1.09 bits per heavy atom. The molecule has 3 aromatic rings. The molecular weight excluding hydrogens is 382 g/mol. The maximum atomic E-state index is 6.24. The number of nitrogens with zero attached hydrogens (tertiary/aromatic N) is 3. The molecule has 22 heavy (non-hydrogen) atoms. The number of hydrogen-bond acceptors (Lipinski definition) is 3. The zero-order valence-electron chi connectivity index (χ0n) is 11.8. The van der Waals surface area contributed by atoms with Crippen LogP contribution in [0.5, 0.6) is 0 Å². The highest BCUT2D eigenvalue weighted by molar-refractivity contribution is 9.10. The number of thioether (sulfide) groups is 1. The number of aromatic nitrogens is 3. The van der Waals surface area contributed by atoms with Crippen LogP contribution in [0.1, 0.15) is 5.56 Å². The van der Waals surface area contributed by atoms with E-state index in [4.69, 9.17) is 11.6 Å². The van der Waals surface area contributed by atoms with Gasteiger partial charge >= 0.3 is 0 Å². The fourth-order valence-electron chi connectivity index (χ4n) is 2.08. The van der Waals surface area contributed by atoms with Crippen LogP contribution >= 0.6 is 39.3 Å². The largest absolute Gasteiger partial charge is 0.305 e. The van der Waals surface area contributed by atoms with Gasteiger partial charge in [-0.1, -0.05) is 69.6 Å². The molecule has 0 radical (unpaired) electrons. The second-order valence-electron chi connectivity index (χ2n) is 4.73. The first-order chi connectivity index (χ1) is 10.7. The minimum Gasteiger partial charge on any atom is -0.305 e. The number of rotatable bonds is 4. The molecule has 0 aliphatic carbocycles. The van der Waals surface area contributed by atoms with Crippen LogP contribution < -0.4 is 0 Å². The standard InChI is InChI=1S/C16H13BrClN3S/c1-21-15(12-7-3-5-9-14(12)18)19-20-16(21)22-10-11-6-2-4-8-13(11)17/h2-9H,10H2,1H3. The summed E-state index contributed by atoms with van der Waals surface area (Å²) in [4.78, 5) is 0. The third kappa shape index (κ3) is 3.21. The SMILES string of the molecule is Cn1c(SCc2ccccc2Br)nnc1-c1ccccc1Cl. The third-order valence-corrected chi connectivity index (χ3v) is 5.44. The highest BCUT2D eigenvalue weighted by Crippen LogP contribution is 2.30. The Hall–Kier alpha value is -1.30. The Bertz CT molecular complexity index is 804. The first-order valence-electron chi connectivity index (χ1n) is 6.67. The van der Waals surface area contributed by atoms with Gasteiger partial charge in [-0.05, 0) is 23.8 Å². The second kappa shape index (κ2) is 6.86. The van der Waals surface area contributed by atoms with Crippen molar-refractivity contribution in [2.24, 2.45) is 7.05 Å². The van der Waals surface area contributed by atoms with Crippen molar-refractivity contribution in [1.29, 1.82) is 0 Å². The summed E-state index contributed by atoms with van der Waals surface area (Å²) in [6.07, 6.45) is 0. The van der Waals surface area contributed by atoms with Crippen LogP contribution in [0.2, 0.25) is 5.02 Å². The highest BCUT2D eigenvalue weighted by atomic mass is 79.9. The first kappa shape index (κ1) is 15.6. The van der Waals surface area contributed by atoms with Crippen LogP contribution in [-0.2, 0) is 12.8 Å². The molecule has 0 aliphatic heterocycles. The van der Waals surface area contributed by atoms with E-state index in [0.29, 0.717) is 5.02 Å². The van der Waals surface area contributed by atoms with E-state index in [0.717, 1.165) is 26.8 Å². The molecule has 0 spiro atoms. The maximum absolute atomic E-state index is 6.24. The molecule has 0 unspecified atom stereocenters. The average Bonchev–Trinajstić information content (AvgIpc) is 2.88. The van der Waals surface area contributed by atoms with Gasteiger partial charge in [-0.3, -0.25) is 0 Å². The number of halogens is 2. The van der Waals surface area contributed by atoms with Gasteiger partial charge in [0.05, 0.1) is 5.02 Å². The van der Waals surface area contributed by atoms with Gasteiger partial charge in [-0.2, -0.15) is 0 Å².